The molecule has 0 heterocycles. The summed E-state index contributed by atoms with van der Waals surface area (Å²) in [6.45, 7) is 9.41. The number of benzene rings is 4. The Morgan fingerprint density at radius 3 is 1.47 bits per heavy atom. The van der Waals surface area contributed by atoms with Crippen molar-refractivity contribution in [2.24, 2.45) is 0 Å². The maximum atomic E-state index is 12.3. The molecule has 0 N–H and O–H groups in total. The summed E-state index contributed by atoms with van der Waals surface area (Å²) in [6.07, 6.45) is 2.37. The van der Waals surface area contributed by atoms with Crippen molar-refractivity contribution >= 4 is 33.0 Å². The molecule has 0 bridgehead atoms. The lowest BCUT2D eigenvalue weighted by Crippen LogP contribution is -2.57. The van der Waals surface area contributed by atoms with Crippen LogP contribution in [0.25, 0.3) is 0 Å². The summed E-state index contributed by atoms with van der Waals surface area (Å²) in [5, 5.41) is 2.55. The highest BCUT2D eigenvalue weighted by atomic mass is 28.4. The molecule has 0 aliphatic heterocycles. The molecule has 0 spiro atoms. The zero-order valence-electron chi connectivity index (χ0n) is 22.9. The average molecular weight is 539 g/mol. The topological polar surface area (TPSA) is 35.5 Å². The Hall–Kier alpha value is -3.26. The van der Waals surface area contributed by atoms with Gasteiger partial charge in [-0.25, -0.2) is 0 Å². The predicted octanol–water partition coefficient (Wildman–Crippen LogP) is 6.30. The smallest absolute Gasteiger partial charge is 0.310 e. The average Bonchev–Trinajstić information content (AvgIpc) is 2.92. The van der Waals surface area contributed by atoms with E-state index in [0.717, 1.165) is 24.0 Å². The number of aryl methyl sites for hydroxylation is 2. The van der Waals surface area contributed by atoms with Crippen molar-refractivity contribution in [1.82, 2.24) is 0 Å². The zero-order chi connectivity index (χ0) is 27.0. The molecule has 0 radical (unpaired) electrons. The van der Waals surface area contributed by atoms with Gasteiger partial charge in [-0.1, -0.05) is 109 Å². The summed E-state index contributed by atoms with van der Waals surface area (Å²) in [5.74, 6) is -0.213. The Morgan fingerprint density at radius 1 is 0.553 bits per heavy atom. The number of carbonyl (C=O) groups is 1. The van der Waals surface area contributed by atoms with E-state index in [2.05, 4.69) is 92.9 Å². The minimum Gasteiger partial charge on any atom is -0.461 e. The molecule has 0 saturated carbocycles. The minimum atomic E-state index is -2.15. The van der Waals surface area contributed by atoms with Gasteiger partial charge in [0.25, 0.3) is 0 Å². The normalized spacial score (nSPS) is 11.8. The molecule has 0 fully saturated rings. The summed E-state index contributed by atoms with van der Waals surface area (Å²) in [6, 6.07) is 37.8. The molecular weight excluding hydrogens is 501 g/mol. The molecule has 3 nitrogen and oxygen atoms in total. The lowest BCUT2D eigenvalue weighted by molar-refractivity contribution is -0.144. The summed E-state index contributed by atoms with van der Waals surface area (Å²) in [4.78, 5) is 12.3. The molecule has 38 heavy (non-hydrogen) atoms. The van der Waals surface area contributed by atoms with Gasteiger partial charge in [0.15, 0.2) is 0 Å². The number of esters is 1. The van der Waals surface area contributed by atoms with E-state index in [1.54, 1.807) is 0 Å². The summed E-state index contributed by atoms with van der Waals surface area (Å²) in [5.41, 5.74) is 4.68. The van der Waals surface area contributed by atoms with Crippen LogP contribution >= 0.6 is 0 Å². The van der Waals surface area contributed by atoms with Gasteiger partial charge in [0.05, 0.1) is 6.42 Å². The number of rotatable bonds is 11. The second kappa shape index (κ2) is 12.5. The number of carbonyl (C=O) groups excluding carboxylic acids is 1. The Bertz CT molecular complexity index is 1300. The van der Waals surface area contributed by atoms with Crippen LogP contribution in [0.1, 0.15) is 22.3 Å². The van der Waals surface area contributed by atoms with Crippen molar-refractivity contribution in [3.05, 3.63) is 131 Å². The number of hydrogen-bond donors (Lipinski definition) is 0. The van der Waals surface area contributed by atoms with Crippen molar-refractivity contribution in [3.8, 4) is 0 Å². The standard InChI is InChI=1S/C33H38O3Si2/c1-37(2,31-21-17-28(18-22-31)16-15-27-11-7-5-8-12-27)36-38(3,4)32-23-19-29(20-24-32)25-33(34)35-26-30-13-9-6-10-14-30/h5-14,17-24H,15-16,25-26H2,1-4H3. The van der Waals surface area contributed by atoms with Gasteiger partial charge in [0, 0.05) is 0 Å². The van der Waals surface area contributed by atoms with Gasteiger partial charge >= 0.3 is 5.97 Å². The van der Waals surface area contributed by atoms with E-state index in [-0.39, 0.29) is 12.4 Å². The predicted molar refractivity (Wildman–Crippen MR) is 162 cm³/mol. The molecule has 0 aliphatic carbocycles. The van der Waals surface area contributed by atoms with E-state index in [4.69, 9.17) is 8.85 Å². The molecular formula is C33H38O3Si2. The lowest BCUT2D eigenvalue weighted by atomic mass is 10.0. The molecule has 0 atom stereocenters. The maximum Gasteiger partial charge on any atom is 0.310 e. The van der Waals surface area contributed by atoms with Crippen LogP contribution in [0.2, 0.25) is 26.2 Å². The highest BCUT2D eigenvalue weighted by Crippen LogP contribution is 2.17. The Balaban J connectivity index is 1.32. The first-order chi connectivity index (χ1) is 18.2. The van der Waals surface area contributed by atoms with E-state index >= 15 is 0 Å². The van der Waals surface area contributed by atoms with Crippen LogP contribution < -0.4 is 10.4 Å². The molecule has 4 aromatic carbocycles. The Labute approximate surface area is 229 Å². The monoisotopic (exact) mass is 538 g/mol. The molecule has 0 unspecified atom stereocenters. The molecule has 0 saturated heterocycles. The van der Waals surface area contributed by atoms with E-state index < -0.39 is 16.6 Å². The molecule has 4 aromatic rings. The molecule has 4 rings (SSSR count). The van der Waals surface area contributed by atoms with Gasteiger partial charge in [-0.3, -0.25) is 4.79 Å². The highest BCUT2D eigenvalue weighted by Gasteiger charge is 2.35. The maximum absolute atomic E-state index is 12.3. The van der Waals surface area contributed by atoms with Crippen molar-refractivity contribution in [2.45, 2.75) is 52.1 Å². The second-order valence-corrected chi connectivity index (χ2v) is 18.8. The van der Waals surface area contributed by atoms with Crippen molar-refractivity contribution in [1.29, 1.82) is 0 Å². The van der Waals surface area contributed by atoms with Crippen LogP contribution in [-0.4, -0.2) is 22.6 Å². The van der Waals surface area contributed by atoms with Crippen molar-refractivity contribution in [3.63, 3.8) is 0 Å². The molecule has 0 aliphatic rings. The fraction of sp³-hybridized carbons (Fsp3) is 0.242. The summed E-state index contributed by atoms with van der Waals surface area (Å²) in [7, 11) is -4.25. The SMILES string of the molecule is C[Si](C)(O[Si](C)(C)c1ccc(CC(=O)OCc2ccccc2)cc1)c1ccc(CCc2ccccc2)cc1. The third-order valence-electron chi connectivity index (χ3n) is 6.94. The quantitative estimate of drug-likeness (QED) is 0.166. The molecule has 0 amide bonds. The van der Waals surface area contributed by atoms with Gasteiger partial charge in [-0.15, -0.1) is 0 Å². The fourth-order valence-electron chi connectivity index (χ4n) is 4.74. The lowest BCUT2D eigenvalue weighted by Gasteiger charge is -2.34. The number of hydrogen-bond acceptors (Lipinski definition) is 3. The van der Waals surface area contributed by atoms with E-state index in [9.17, 15) is 4.79 Å². The zero-order valence-corrected chi connectivity index (χ0v) is 24.9. The van der Waals surface area contributed by atoms with Gasteiger partial charge in [0.2, 0.25) is 16.6 Å². The van der Waals surface area contributed by atoms with Crippen LogP contribution in [-0.2, 0) is 39.5 Å². The van der Waals surface area contributed by atoms with Crippen LogP contribution in [0, 0.1) is 0 Å². The molecule has 196 valence electrons. The second-order valence-electron chi connectivity index (χ2n) is 10.8. The first-order valence-corrected chi connectivity index (χ1v) is 19.2. The van der Waals surface area contributed by atoms with Crippen LogP contribution in [0.3, 0.4) is 0 Å². The largest absolute Gasteiger partial charge is 0.461 e. The summed E-state index contributed by atoms with van der Waals surface area (Å²) < 4.78 is 12.4. The van der Waals surface area contributed by atoms with Crippen LogP contribution in [0.4, 0.5) is 0 Å². The van der Waals surface area contributed by atoms with Crippen LogP contribution in [0.15, 0.2) is 109 Å². The molecule has 5 heteroatoms. The van der Waals surface area contributed by atoms with Crippen molar-refractivity contribution in [2.75, 3.05) is 0 Å². The van der Waals surface area contributed by atoms with Crippen LogP contribution in [0.5, 0.6) is 0 Å². The Kier molecular flexibility index (Phi) is 9.15. The van der Waals surface area contributed by atoms with E-state index in [1.165, 1.54) is 21.5 Å². The minimum absolute atomic E-state index is 0.213. The third-order valence-corrected chi connectivity index (χ3v) is 14.5. The first kappa shape index (κ1) is 27.8. The Morgan fingerprint density at radius 2 is 0.974 bits per heavy atom. The highest BCUT2D eigenvalue weighted by molar-refractivity contribution is 6.96. The van der Waals surface area contributed by atoms with Gasteiger partial charge < -0.3 is 8.85 Å². The van der Waals surface area contributed by atoms with Gasteiger partial charge in [-0.05, 0) is 71.7 Å². The molecule has 0 aromatic heterocycles. The van der Waals surface area contributed by atoms with Crippen molar-refractivity contribution < 1.29 is 13.6 Å². The number of ether oxygens (including phenoxy) is 1. The first-order valence-electron chi connectivity index (χ1n) is 13.3. The third kappa shape index (κ3) is 7.87. The van der Waals surface area contributed by atoms with Gasteiger partial charge in [0.1, 0.15) is 6.61 Å². The van der Waals surface area contributed by atoms with Gasteiger partial charge in [-0.2, -0.15) is 0 Å². The van der Waals surface area contributed by atoms with E-state index in [1.807, 2.05) is 42.5 Å². The summed E-state index contributed by atoms with van der Waals surface area (Å²) >= 11 is 0. The fourth-order valence-corrected chi connectivity index (χ4v) is 12.7. The van der Waals surface area contributed by atoms with E-state index in [0.29, 0.717) is 6.61 Å².